The number of aliphatic hydroxyl groups excluding tert-OH is 1. The number of nitriles is 1. The van der Waals surface area contributed by atoms with Gasteiger partial charge in [0.25, 0.3) is 0 Å². The summed E-state index contributed by atoms with van der Waals surface area (Å²) in [6, 6.07) is 11.7. The quantitative estimate of drug-likeness (QED) is 0.429. The van der Waals surface area contributed by atoms with Crippen molar-refractivity contribution < 1.29 is 19.4 Å². The summed E-state index contributed by atoms with van der Waals surface area (Å²) >= 11 is 6.28. The number of hydrogen-bond acceptors (Lipinski definition) is 7. The summed E-state index contributed by atoms with van der Waals surface area (Å²) in [5.41, 5.74) is 1.33. The number of rotatable bonds is 8. The molecule has 1 fully saturated rings. The number of hydrogen-bond donors (Lipinski definition) is 3. The number of benzene rings is 2. The molecule has 0 aliphatic carbocycles. The summed E-state index contributed by atoms with van der Waals surface area (Å²) in [6.07, 6.45) is 3.24. The maximum atomic E-state index is 11.5. The van der Waals surface area contributed by atoms with Crippen molar-refractivity contribution in [3.05, 3.63) is 53.2 Å². The second-order valence-corrected chi connectivity index (χ2v) is 8.61. The van der Waals surface area contributed by atoms with Gasteiger partial charge in [-0.1, -0.05) is 11.6 Å². The summed E-state index contributed by atoms with van der Waals surface area (Å²) in [7, 11) is 1.51. The molecule has 3 N–H and O–H groups in total. The number of amides is 2. The van der Waals surface area contributed by atoms with E-state index in [-0.39, 0.29) is 12.6 Å². The molecule has 0 saturated carbocycles. The molecule has 1 atom stereocenters. The summed E-state index contributed by atoms with van der Waals surface area (Å²) in [5, 5.41) is 26.1. The van der Waals surface area contributed by atoms with Gasteiger partial charge in [-0.05, 0) is 50.2 Å². The smallest absolute Gasteiger partial charge is 0.319 e. The van der Waals surface area contributed by atoms with Crippen LogP contribution in [0.1, 0.15) is 18.4 Å². The van der Waals surface area contributed by atoms with Crippen molar-refractivity contribution in [2.75, 3.05) is 38.6 Å². The summed E-state index contributed by atoms with van der Waals surface area (Å²) < 4.78 is 11.8. The first-order chi connectivity index (χ1) is 17.0. The van der Waals surface area contributed by atoms with E-state index >= 15 is 0 Å². The molecule has 1 aliphatic heterocycles. The number of nitrogens with zero attached hydrogens (tertiary/aromatic N) is 3. The fourth-order valence-electron chi connectivity index (χ4n) is 3.92. The van der Waals surface area contributed by atoms with Gasteiger partial charge in [0.05, 0.1) is 21.8 Å². The second-order valence-electron chi connectivity index (χ2n) is 8.21. The molecule has 1 aromatic heterocycles. The van der Waals surface area contributed by atoms with Crippen LogP contribution in [0.4, 0.5) is 10.5 Å². The van der Waals surface area contributed by atoms with E-state index < -0.39 is 6.10 Å². The average Bonchev–Trinajstić information content (AvgIpc) is 3.37. The van der Waals surface area contributed by atoms with Crippen molar-refractivity contribution in [2.24, 2.45) is 0 Å². The summed E-state index contributed by atoms with van der Waals surface area (Å²) in [4.78, 5) is 18.1. The number of halogens is 1. The Morgan fingerprint density at radius 3 is 2.77 bits per heavy atom. The van der Waals surface area contributed by atoms with E-state index in [1.807, 2.05) is 0 Å². The molecule has 9 nitrogen and oxygen atoms in total. The fourth-order valence-corrected chi connectivity index (χ4v) is 4.14. The molecule has 0 spiro atoms. The van der Waals surface area contributed by atoms with Gasteiger partial charge in [0.1, 0.15) is 36.0 Å². The first-order valence-corrected chi connectivity index (χ1v) is 11.7. The van der Waals surface area contributed by atoms with Crippen LogP contribution in [0.15, 0.2) is 42.6 Å². The maximum Gasteiger partial charge on any atom is 0.319 e. The van der Waals surface area contributed by atoms with E-state index in [0.29, 0.717) is 51.0 Å². The zero-order valence-electron chi connectivity index (χ0n) is 19.3. The number of carbonyl (C=O) groups is 1. The van der Waals surface area contributed by atoms with Gasteiger partial charge in [0.2, 0.25) is 0 Å². The lowest BCUT2D eigenvalue weighted by Gasteiger charge is -2.20. The molecule has 2 aromatic carbocycles. The molecule has 3 aromatic rings. The van der Waals surface area contributed by atoms with E-state index in [9.17, 15) is 15.2 Å². The van der Waals surface area contributed by atoms with E-state index in [1.54, 1.807) is 42.6 Å². The van der Waals surface area contributed by atoms with Crippen LogP contribution in [0.3, 0.4) is 0 Å². The van der Waals surface area contributed by atoms with Crippen molar-refractivity contribution in [3.63, 3.8) is 0 Å². The molecule has 182 valence electrons. The second kappa shape index (κ2) is 11.2. The molecule has 4 rings (SSSR count). The predicted molar refractivity (Wildman–Crippen MR) is 133 cm³/mol. The zero-order valence-corrected chi connectivity index (χ0v) is 20.0. The van der Waals surface area contributed by atoms with E-state index in [1.165, 1.54) is 7.05 Å². The lowest BCUT2D eigenvalue weighted by molar-refractivity contribution is 0.0758. The maximum absolute atomic E-state index is 11.5. The zero-order chi connectivity index (χ0) is 24.8. The molecule has 0 radical (unpaired) electrons. The molecule has 0 bridgehead atoms. The molecular weight excluding hydrogens is 470 g/mol. The first kappa shape index (κ1) is 24.5. The number of aromatic nitrogens is 1. The highest BCUT2D eigenvalue weighted by Gasteiger charge is 2.18. The molecule has 2 heterocycles. The number of fused-ring (bicyclic) bond motifs is 1. The van der Waals surface area contributed by atoms with Gasteiger partial charge in [-0.2, -0.15) is 5.26 Å². The third kappa shape index (κ3) is 6.11. The van der Waals surface area contributed by atoms with Gasteiger partial charge < -0.3 is 30.1 Å². The van der Waals surface area contributed by atoms with Crippen molar-refractivity contribution in [1.29, 1.82) is 5.26 Å². The van der Waals surface area contributed by atoms with Crippen molar-refractivity contribution in [3.8, 4) is 23.3 Å². The molecule has 10 heteroatoms. The van der Waals surface area contributed by atoms with Crippen LogP contribution >= 0.6 is 11.6 Å². The van der Waals surface area contributed by atoms with Gasteiger partial charge >= 0.3 is 6.03 Å². The minimum absolute atomic E-state index is 0.0851. The SMILES string of the molecule is CNC(=O)Nc1ccc(Oc2ccnc3cc(OC[C@@H](O)CN4CCCC4)c(C#N)cc23)cc1Cl. The minimum Gasteiger partial charge on any atom is -0.489 e. The van der Waals surface area contributed by atoms with Crippen LogP contribution in [0.5, 0.6) is 17.2 Å². The number of likely N-dealkylation sites (tertiary alicyclic amines) is 1. The van der Waals surface area contributed by atoms with Crippen LogP contribution in [0.25, 0.3) is 10.9 Å². The number of aliphatic hydroxyl groups is 1. The highest BCUT2D eigenvalue weighted by Crippen LogP contribution is 2.35. The van der Waals surface area contributed by atoms with Gasteiger partial charge in [0.15, 0.2) is 0 Å². The van der Waals surface area contributed by atoms with Crippen molar-refractivity contribution in [2.45, 2.75) is 18.9 Å². The standard InChI is InChI=1S/C25H26ClN5O4/c1-28-25(33)30-21-5-4-18(11-20(21)26)35-23-6-7-29-22-12-24(16(13-27)10-19(22)23)34-15-17(32)14-31-8-2-3-9-31/h4-7,10-12,17,32H,2-3,8-9,14-15H2,1H3,(H2,28,30,33)/t17-/m0/s1. The number of anilines is 1. The fraction of sp³-hybridized carbons (Fsp3) is 0.320. The number of β-amino-alcohol motifs (C(OH)–C–C–N with tert-alkyl or cyclic N) is 1. The Balaban J connectivity index is 1.51. The lowest BCUT2D eigenvalue weighted by atomic mass is 10.1. The van der Waals surface area contributed by atoms with E-state index in [2.05, 4.69) is 26.6 Å². The Kier molecular flexibility index (Phi) is 7.87. The van der Waals surface area contributed by atoms with Crippen molar-refractivity contribution in [1.82, 2.24) is 15.2 Å². The van der Waals surface area contributed by atoms with Crippen LogP contribution in [-0.4, -0.2) is 60.4 Å². The largest absolute Gasteiger partial charge is 0.489 e. The Bertz CT molecular complexity index is 1260. The molecule has 1 saturated heterocycles. The number of carbonyl (C=O) groups excluding carboxylic acids is 1. The van der Waals surface area contributed by atoms with Gasteiger partial charge in [0, 0.05) is 37.3 Å². The van der Waals surface area contributed by atoms with Crippen molar-refractivity contribution >= 4 is 34.2 Å². The number of ether oxygens (including phenoxy) is 2. The Hall–Kier alpha value is -3.58. The van der Waals surface area contributed by atoms with E-state index in [0.717, 1.165) is 25.9 Å². The topological polar surface area (TPSA) is 120 Å². The molecule has 2 amide bonds. The van der Waals surface area contributed by atoms with Gasteiger partial charge in [-0.25, -0.2) is 4.79 Å². The van der Waals surface area contributed by atoms with Crippen LogP contribution in [-0.2, 0) is 0 Å². The monoisotopic (exact) mass is 495 g/mol. The van der Waals surface area contributed by atoms with Gasteiger partial charge in [-0.15, -0.1) is 0 Å². The number of pyridine rings is 1. The third-order valence-corrected chi connectivity index (χ3v) is 5.98. The van der Waals surface area contributed by atoms with Crippen LogP contribution in [0.2, 0.25) is 5.02 Å². The molecule has 0 unspecified atom stereocenters. The van der Waals surface area contributed by atoms with Crippen LogP contribution in [0, 0.1) is 11.3 Å². The Morgan fingerprint density at radius 1 is 1.26 bits per heavy atom. The average molecular weight is 496 g/mol. The first-order valence-electron chi connectivity index (χ1n) is 11.3. The number of urea groups is 1. The minimum atomic E-state index is -0.649. The predicted octanol–water partition coefficient (Wildman–Crippen LogP) is 4.14. The molecular formula is C25H26ClN5O4. The highest BCUT2D eigenvalue weighted by atomic mass is 35.5. The van der Waals surface area contributed by atoms with Gasteiger partial charge in [-0.3, -0.25) is 4.98 Å². The molecule has 35 heavy (non-hydrogen) atoms. The number of nitrogens with one attached hydrogen (secondary N) is 2. The highest BCUT2D eigenvalue weighted by molar-refractivity contribution is 6.33. The van der Waals surface area contributed by atoms with E-state index in [4.69, 9.17) is 21.1 Å². The Labute approximate surface area is 208 Å². The van der Waals surface area contributed by atoms with Crippen LogP contribution < -0.4 is 20.1 Å². The Morgan fingerprint density at radius 2 is 2.06 bits per heavy atom. The third-order valence-electron chi connectivity index (χ3n) is 5.67. The lowest BCUT2D eigenvalue weighted by Crippen LogP contribution is -2.33. The summed E-state index contributed by atoms with van der Waals surface area (Å²) in [6.45, 7) is 2.61. The molecule has 1 aliphatic rings. The normalized spacial score (nSPS) is 14.3. The summed E-state index contributed by atoms with van der Waals surface area (Å²) in [5.74, 6) is 1.29.